The fourth-order valence-corrected chi connectivity index (χ4v) is 4.19. The van der Waals surface area contributed by atoms with Crippen LogP contribution >= 0.6 is 11.8 Å². The molecule has 0 atom stereocenters. The van der Waals surface area contributed by atoms with Gasteiger partial charge in [-0.25, -0.2) is 0 Å². The van der Waals surface area contributed by atoms with Crippen molar-refractivity contribution in [3.8, 4) is 0 Å². The van der Waals surface area contributed by atoms with Crippen LogP contribution in [-0.4, -0.2) is 0 Å². The van der Waals surface area contributed by atoms with Crippen LogP contribution in [0.4, 0.5) is 11.4 Å². The van der Waals surface area contributed by atoms with Gasteiger partial charge in [-0.1, -0.05) is 76.1 Å². The Morgan fingerprint density at radius 1 is 0.955 bits per heavy atom. The fourth-order valence-electron chi connectivity index (χ4n) is 3.17. The number of fused-ring (bicyclic) bond motifs is 2. The largest absolute Gasteiger partial charge is 0.353 e. The Balaban J connectivity index is 1.92. The predicted molar refractivity (Wildman–Crippen MR) is 97.5 cm³/mol. The molecule has 22 heavy (non-hydrogen) atoms. The van der Waals surface area contributed by atoms with E-state index in [1.165, 1.54) is 52.4 Å². The number of benzene rings is 2. The zero-order valence-electron chi connectivity index (χ0n) is 13.8. The number of anilines is 2. The first-order chi connectivity index (χ1) is 10.6. The van der Waals surface area contributed by atoms with Crippen LogP contribution in [0.25, 0.3) is 0 Å². The van der Waals surface area contributed by atoms with Crippen molar-refractivity contribution in [2.45, 2.75) is 61.7 Å². The summed E-state index contributed by atoms with van der Waals surface area (Å²) in [6.45, 7) is 7.03. The summed E-state index contributed by atoms with van der Waals surface area (Å²) < 4.78 is 0. The maximum absolute atomic E-state index is 3.68. The molecular formula is C20H25NS. The Kier molecular flexibility index (Phi) is 4.49. The molecule has 2 aromatic carbocycles. The predicted octanol–water partition coefficient (Wildman–Crippen LogP) is 6.75. The third-order valence-electron chi connectivity index (χ3n) is 4.53. The number of para-hydroxylation sites is 2. The standard InChI is InChI=1S/C20H25NS/c1-4-5-8-14-20(2,3)15-10-9-13-18-19(15)21-16-11-6-7-12-17(16)22-18/h6-7,9-13,21H,4-5,8,14H2,1-3H3. The van der Waals surface area contributed by atoms with E-state index in [0.717, 1.165) is 0 Å². The molecule has 0 saturated carbocycles. The van der Waals surface area contributed by atoms with Gasteiger partial charge in [0.25, 0.3) is 0 Å². The summed E-state index contributed by atoms with van der Waals surface area (Å²) in [4.78, 5) is 2.66. The first-order valence-electron chi connectivity index (χ1n) is 8.29. The molecule has 0 amide bonds. The van der Waals surface area contributed by atoms with Crippen LogP contribution < -0.4 is 5.32 Å². The lowest BCUT2D eigenvalue weighted by molar-refractivity contribution is 0.451. The van der Waals surface area contributed by atoms with E-state index in [2.05, 4.69) is 68.6 Å². The normalized spacial score (nSPS) is 13.2. The van der Waals surface area contributed by atoms with Gasteiger partial charge in [-0.2, -0.15) is 0 Å². The zero-order chi connectivity index (χ0) is 15.6. The second-order valence-electron chi connectivity index (χ2n) is 6.74. The Morgan fingerprint density at radius 2 is 1.73 bits per heavy atom. The first kappa shape index (κ1) is 15.5. The molecule has 0 bridgehead atoms. The highest BCUT2D eigenvalue weighted by Crippen LogP contribution is 2.48. The molecule has 0 spiro atoms. The van der Waals surface area contributed by atoms with Crippen LogP contribution in [0, 0.1) is 0 Å². The molecular weight excluding hydrogens is 286 g/mol. The lowest BCUT2D eigenvalue weighted by atomic mass is 9.79. The van der Waals surface area contributed by atoms with Crippen LogP contribution in [0.5, 0.6) is 0 Å². The Bertz CT molecular complexity index is 661. The summed E-state index contributed by atoms with van der Waals surface area (Å²) in [5, 5.41) is 3.68. The quantitative estimate of drug-likeness (QED) is 0.523. The number of rotatable bonds is 5. The van der Waals surface area contributed by atoms with Crippen LogP contribution in [0.1, 0.15) is 52.0 Å². The molecule has 116 valence electrons. The van der Waals surface area contributed by atoms with Crippen molar-refractivity contribution in [2.75, 3.05) is 5.32 Å². The third-order valence-corrected chi connectivity index (χ3v) is 5.66. The van der Waals surface area contributed by atoms with Gasteiger partial charge in [0.1, 0.15) is 0 Å². The lowest BCUT2D eigenvalue weighted by Gasteiger charge is -2.31. The van der Waals surface area contributed by atoms with Gasteiger partial charge in [0.2, 0.25) is 0 Å². The molecule has 0 radical (unpaired) electrons. The molecule has 1 nitrogen and oxygen atoms in total. The van der Waals surface area contributed by atoms with Gasteiger partial charge in [-0.3, -0.25) is 0 Å². The molecule has 1 aliphatic rings. The molecule has 0 aromatic heterocycles. The molecule has 0 unspecified atom stereocenters. The molecule has 1 heterocycles. The molecule has 0 fully saturated rings. The van der Waals surface area contributed by atoms with Crippen molar-refractivity contribution in [1.29, 1.82) is 0 Å². The van der Waals surface area contributed by atoms with Gasteiger partial charge in [-0.05, 0) is 35.6 Å². The van der Waals surface area contributed by atoms with Crippen LogP contribution in [0.15, 0.2) is 52.3 Å². The molecule has 3 rings (SSSR count). The maximum Gasteiger partial charge on any atom is 0.0564 e. The highest BCUT2D eigenvalue weighted by molar-refractivity contribution is 7.99. The Labute approximate surface area is 138 Å². The van der Waals surface area contributed by atoms with Crippen molar-refractivity contribution >= 4 is 23.1 Å². The van der Waals surface area contributed by atoms with Crippen LogP contribution in [0.2, 0.25) is 0 Å². The second-order valence-corrected chi connectivity index (χ2v) is 7.83. The van der Waals surface area contributed by atoms with Gasteiger partial charge in [0, 0.05) is 9.79 Å². The van der Waals surface area contributed by atoms with Crippen molar-refractivity contribution < 1.29 is 0 Å². The minimum Gasteiger partial charge on any atom is -0.353 e. The Morgan fingerprint density at radius 3 is 2.55 bits per heavy atom. The average molecular weight is 311 g/mol. The molecule has 1 aliphatic heterocycles. The van der Waals surface area contributed by atoms with Crippen molar-refractivity contribution in [1.82, 2.24) is 0 Å². The van der Waals surface area contributed by atoms with Gasteiger partial charge in [0.15, 0.2) is 0 Å². The Hall–Kier alpha value is -1.41. The van der Waals surface area contributed by atoms with Crippen LogP contribution in [0.3, 0.4) is 0 Å². The minimum absolute atomic E-state index is 0.209. The van der Waals surface area contributed by atoms with Crippen molar-refractivity contribution in [2.24, 2.45) is 0 Å². The number of hydrogen-bond donors (Lipinski definition) is 1. The van der Waals surface area contributed by atoms with E-state index in [-0.39, 0.29) is 5.41 Å². The molecule has 0 saturated heterocycles. The SMILES string of the molecule is CCCCCC(C)(C)c1cccc2c1Nc1ccccc1S2. The smallest absolute Gasteiger partial charge is 0.0564 e. The average Bonchev–Trinajstić information content (AvgIpc) is 2.52. The highest BCUT2D eigenvalue weighted by atomic mass is 32.2. The number of unbranched alkanes of at least 4 members (excludes halogenated alkanes) is 2. The first-order valence-corrected chi connectivity index (χ1v) is 9.11. The van der Waals surface area contributed by atoms with Crippen molar-refractivity contribution in [3.05, 3.63) is 48.0 Å². The summed E-state index contributed by atoms with van der Waals surface area (Å²) >= 11 is 1.88. The van der Waals surface area contributed by atoms with Gasteiger partial charge < -0.3 is 5.32 Å². The third kappa shape index (κ3) is 3.03. The summed E-state index contributed by atoms with van der Waals surface area (Å²) in [6, 6.07) is 15.3. The van der Waals surface area contributed by atoms with E-state index in [1.54, 1.807) is 0 Å². The maximum atomic E-state index is 3.68. The van der Waals surface area contributed by atoms with E-state index in [0.29, 0.717) is 0 Å². The summed E-state index contributed by atoms with van der Waals surface area (Å²) in [5.74, 6) is 0. The summed E-state index contributed by atoms with van der Waals surface area (Å²) in [5.41, 5.74) is 4.20. The van der Waals surface area contributed by atoms with E-state index >= 15 is 0 Å². The van der Waals surface area contributed by atoms with E-state index in [4.69, 9.17) is 0 Å². The second kappa shape index (κ2) is 6.37. The topological polar surface area (TPSA) is 12.0 Å². The summed E-state index contributed by atoms with van der Waals surface area (Å²) in [7, 11) is 0. The van der Waals surface area contributed by atoms with Gasteiger partial charge in [-0.15, -0.1) is 0 Å². The molecule has 2 heteroatoms. The lowest BCUT2D eigenvalue weighted by Crippen LogP contribution is -2.20. The number of hydrogen-bond acceptors (Lipinski definition) is 2. The highest BCUT2D eigenvalue weighted by Gasteiger charge is 2.27. The van der Waals surface area contributed by atoms with Crippen molar-refractivity contribution in [3.63, 3.8) is 0 Å². The van der Waals surface area contributed by atoms with E-state index in [9.17, 15) is 0 Å². The van der Waals surface area contributed by atoms with Gasteiger partial charge in [0.05, 0.1) is 11.4 Å². The van der Waals surface area contributed by atoms with Crippen LogP contribution in [-0.2, 0) is 5.41 Å². The monoisotopic (exact) mass is 311 g/mol. The zero-order valence-corrected chi connectivity index (χ0v) is 14.6. The number of nitrogens with one attached hydrogen (secondary N) is 1. The van der Waals surface area contributed by atoms with Gasteiger partial charge >= 0.3 is 0 Å². The molecule has 1 N–H and O–H groups in total. The van der Waals surface area contributed by atoms with E-state index in [1.807, 2.05) is 11.8 Å². The summed E-state index contributed by atoms with van der Waals surface area (Å²) in [6.07, 6.45) is 5.15. The molecule has 2 aromatic rings. The van der Waals surface area contributed by atoms with E-state index < -0.39 is 0 Å². The fraction of sp³-hybridized carbons (Fsp3) is 0.400. The minimum atomic E-state index is 0.209. The molecule has 0 aliphatic carbocycles.